The first kappa shape index (κ1) is 24.2. The quantitative estimate of drug-likeness (QED) is 0.232. The van der Waals surface area contributed by atoms with E-state index in [1.54, 1.807) is 54.6 Å². The average molecular weight is 478 g/mol. The normalized spacial score (nSPS) is 11.4. The van der Waals surface area contributed by atoms with Crippen molar-refractivity contribution in [1.29, 1.82) is 0 Å². The molecule has 0 atom stereocenters. The highest BCUT2D eigenvalue weighted by Gasteiger charge is 2.17. The highest BCUT2D eigenvalue weighted by molar-refractivity contribution is 7.90. The predicted molar refractivity (Wildman–Crippen MR) is 131 cm³/mol. The van der Waals surface area contributed by atoms with Crippen LogP contribution in [-0.4, -0.2) is 26.2 Å². The van der Waals surface area contributed by atoms with Gasteiger partial charge in [-0.3, -0.25) is 9.59 Å². The minimum absolute atomic E-state index is 0.00831. The number of rotatable bonds is 7. The lowest BCUT2D eigenvalue weighted by Crippen LogP contribution is -2.30. The van der Waals surface area contributed by atoms with Crippen molar-refractivity contribution in [3.05, 3.63) is 101 Å². The molecule has 10 heteroatoms. The van der Waals surface area contributed by atoms with E-state index in [2.05, 4.69) is 15.0 Å². The number of nitrogens with zero attached hydrogens (tertiary/aromatic N) is 1. The standard InChI is InChI=1S/C24H23N5O4S/c1-16-7-9-18(10-8-16)22(30)28-21(15-17-5-3-2-4-6-17)23(31)27-19-11-13-20(14-12-19)34(32,33)29-24(25)26/h2-15H,1H3,(H,27,31)(H,28,30)(H4,25,26,29). The molecule has 174 valence electrons. The molecule has 0 spiro atoms. The minimum Gasteiger partial charge on any atom is -0.369 e. The maximum atomic E-state index is 13.0. The third-order valence-electron chi connectivity index (χ3n) is 4.55. The smallest absolute Gasteiger partial charge is 0.285 e. The molecule has 0 unspecified atom stereocenters. The lowest BCUT2D eigenvalue weighted by atomic mass is 10.1. The summed E-state index contributed by atoms with van der Waals surface area (Å²) in [7, 11) is -4.05. The van der Waals surface area contributed by atoms with E-state index in [-0.39, 0.29) is 10.6 Å². The third kappa shape index (κ3) is 6.53. The molecule has 0 aliphatic heterocycles. The zero-order valence-corrected chi connectivity index (χ0v) is 19.0. The molecular formula is C24H23N5O4S. The van der Waals surface area contributed by atoms with E-state index in [4.69, 9.17) is 11.5 Å². The van der Waals surface area contributed by atoms with Crippen LogP contribution in [0, 0.1) is 6.92 Å². The summed E-state index contributed by atoms with van der Waals surface area (Å²) in [5.74, 6) is -1.63. The zero-order chi connectivity index (χ0) is 24.7. The SMILES string of the molecule is Cc1ccc(C(=O)NC(=Cc2ccccc2)C(=O)Nc2ccc(S(=O)(=O)N=C(N)N)cc2)cc1. The van der Waals surface area contributed by atoms with Gasteiger partial charge in [0.05, 0.1) is 4.90 Å². The summed E-state index contributed by atoms with van der Waals surface area (Å²) < 4.78 is 27.4. The largest absolute Gasteiger partial charge is 0.369 e. The molecule has 9 nitrogen and oxygen atoms in total. The monoisotopic (exact) mass is 477 g/mol. The van der Waals surface area contributed by atoms with E-state index >= 15 is 0 Å². The van der Waals surface area contributed by atoms with Crippen molar-refractivity contribution in [2.24, 2.45) is 15.9 Å². The molecule has 0 aliphatic carbocycles. The van der Waals surface area contributed by atoms with Crippen LogP contribution in [0.4, 0.5) is 5.69 Å². The van der Waals surface area contributed by atoms with Crippen LogP contribution >= 0.6 is 0 Å². The van der Waals surface area contributed by atoms with E-state index in [1.807, 2.05) is 13.0 Å². The number of guanidine groups is 1. The maximum absolute atomic E-state index is 13.0. The molecule has 3 aromatic rings. The average Bonchev–Trinajstić information content (AvgIpc) is 2.79. The van der Waals surface area contributed by atoms with Gasteiger partial charge < -0.3 is 22.1 Å². The number of benzene rings is 3. The van der Waals surface area contributed by atoms with Gasteiger partial charge >= 0.3 is 0 Å². The van der Waals surface area contributed by atoms with Crippen LogP contribution in [0.2, 0.25) is 0 Å². The molecule has 6 N–H and O–H groups in total. The summed E-state index contributed by atoms with van der Waals surface area (Å²) in [6.45, 7) is 1.91. The third-order valence-corrected chi connectivity index (χ3v) is 5.87. The van der Waals surface area contributed by atoms with Crippen molar-refractivity contribution in [2.45, 2.75) is 11.8 Å². The molecule has 0 radical (unpaired) electrons. The molecule has 0 saturated carbocycles. The van der Waals surface area contributed by atoms with Gasteiger partial charge in [0.15, 0.2) is 0 Å². The fourth-order valence-electron chi connectivity index (χ4n) is 2.87. The molecule has 0 bridgehead atoms. The Hall–Kier alpha value is -4.44. The highest BCUT2D eigenvalue weighted by Crippen LogP contribution is 2.17. The minimum atomic E-state index is -4.05. The fourth-order valence-corrected chi connectivity index (χ4v) is 3.74. The number of hydrogen-bond donors (Lipinski definition) is 4. The van der Waals surface area contributed by atoms with E-state index in [9.17, 15) is 18.0 Å². The molecule has 34 heavy (non-hydrogen) atoms. The first-order valence-electron chi connectivity index (χ1n) is 10.1. The van der Waals surface area contributed by atoms with E-state index in [0.29, 0.717) is 16.8 Å². The van der Waals surface area contributed by atoms with Crippen molar-refractivity contribution in [1.82, 2.24) is 5.32 Å². The van der Waals surface area contributed by atoms with Crippen molar-refractivity contribution in [2.75, 3.05) is 5.32 Å². The van der Waals surface area contributed by atoms with Crippen LogP contribution < -0.4 is 22.1 Å². The summed E-state index contributed by atoms with van der Waals surface area (Å²) in [6, 6.07) is 21.2. The van der Waals surface area contributed by atoms with Crippen LogP contribution in [-0.2, 0) is 14.8 Å². The van der Waals surface area contributed by atoms with Gasteiger partial charge in [0, 0.05) is 11.3 Å². The Morgan fingerprint density at radius 1 is 0.882 bits per heavy atom. The van der Waals surface area contributed by atoms with E-state index in [1.165, 1.54) is 24.3 Å². The van der Waals surface area contributed by atoms with Crippen LogP contribution in [0.3, 0.4) is 0 Å². The van der Waals surface area contributed by atoms with Gasteiger partial charge in [0.25, 0.3) is 21.8 Å². The number of aryl methyl sites for hydroxylation is 1. The molecule has 0 aliphatic rings. The van der Waals surface area contributed by atoms with E-state index in [0.717, 1.165) is 5.56 Å². The topological polar surface area (TPSA) is 157 Å². The summed E-state index contributed by atoms with van der Waals surface area (Å²) >= 11 is 0. The first-order chi connectivity index (χ1) is 16.1. The zero-order valence-electron chi connectivity index (χ0n) is 18.2. The van der Waals surface area contributed by atoms with Crippen LogP contribution in [0.15, 0.2) is 93.9 Å². The summed E-state index contributed by atoms with van der Waals surface area (Å²) in [5, 5.41) is 5.29. The first-order valence-corrected chi connectivity index (χ1v) is 11.5. The Balaban J connectivity index is 1.84. The number of hydrogen-bond acceptors (Lipinski definition) is 4. The molecule has 2 amide bonds. The maximum Gasteiger partial charge on any atom is 0.285 e. The molecule has 3 rings (SSSR count). The molecule has 0 heterocycles. The fraction of sp³-hybridized carbons (Fsp3) is 0.0417. The molecule has 0 saturated heterocycles. The number of nitrogens with one attached hydrogen (secondary N) is 2. The summed E-state index contributed by atoms with van der Waals surface area (Å²) in [6.07, 6.45) is 1.54. The van der Waals surface area contributed by atoms with Crippen molar-refractivity contribution in [3.63, 3.8) is 0 Å². The second-order valence-electron chi connectivity index (χ2n) is 7.26. The Kier molecular flexibility index (Phi) is 7.44. The van der Waals surface area contributed by atoms with Gasteiger partial charge in [-0.2, -0.15) is 8.42 Å². The van der Waals surface area contributed by atoms with Gasteiger partial charge in [-0.1, -0.05) is 48.0 Å². The van der Waals surface area contributed by atoms with Crippen LogP contribution in [0.1, 0.15) is 21.5 Å². The number of sulfonamides is 1. The Labute approximate surface area is 197 Å². The number of anilines is 1. The number of carbonyl (C=O) groups excluding carboxylic acids is 2. The van der Waals surface area contributed by atoms with Crippen molar-refractivity contribution >= 4 is 39.6 Å². The highest BCUT2D eigenvalue weighted by atomic mass is 32.2. The van der Waals surface area contributed by atoms with Gasteiger partial charge in [0.1, 0.15) is 5.70 Å². The van der Waals surface area contributed by atoms with Crippen LogP contribution in [0.25, 0.3) is 6.08 Å². The second-order valence-corrected chi connectivity index (χ2v) is 8.86. The Morgan fingerprint density at radius 3 is 2.09 bits per heavy atom. The molecular weight excluding hydrogens is 454 g/mol. The van der Waals surface area contributed by atoms with Gasteiger partial charge in [0.2, 0.25) is 5.96 Å². The van der Waals surface area contributed by atoms with Gasteiger partial charge in [-0.25, -0.2) is 0 Å². The number of amides is 2. The molecule has 0 aromatic heterocycles. The lowest BCUT2D eigenvalue weighted by molar-refractivity contribution is -0.113. The summed E-state index contributed by atoms with van der Waals surface area (Å²) in [4.78, 5) is 25.6. The number of nitrogens with two attached hydrogens (primary N) is 2. The molecule has 3 aromatic carbocycles. The van der Waals surface area contributed by atoms with Gasteiger partial charge in [-0.05, 0) is 55.0 Å². The van der Waals surface area contributed by atoms with Crippen molar-refractivity contribution in [3.8, 4) is 0 Å². The Morgan fingerprint density at radius 2 is 1.50 bits per heavy atom. The second kappa shape index (κ2) is 10.5. The Bertz CT molecular complexity index is 1340. The molecule has 0 fully saturated rings. The van der Waals surface area contributed by atoms with E-state index < -0.39 is 27.8 Å². The number of carbonyl (C=O) groups is 2. The summed E-state index contributed by atoms with van der Waals surface area (Å²) in [5.41, 5.74) is 12.7. The lowest BCUT2D eigenvalue weighted by Gasteiger charge is -2.12. The van der Waals surface area contributed by atoms with Gasteiger partial charge in [-0.15, -0.1) is 4.40 Å². The predicted octanol–water partition coefficient (Wildman–Crippen LogP) is 2.37. The van der Waals surface area contributed by atoms with Crippen LogP contribution in [0.5, 0.6) is 0 Å². The van der Waals surface area contributed by atoms with Crippen molar-refractivity contribution < 1.29 is 18.0 Å².